The van der Waals surface area contributed by atoms with Gasteiger partial charge in [-0.25, -0.2) is 5.84 Å². The fourth-order valence-electron chi connectivity index (χ4n) is 1.42. The molecular formula is C12H17BrN2O2. The first-order valence-corrected chi connectivity index (χ1v) is 6.31. The van der Waals surface area contributed by atoms with E-state index < -0.39 is 0 Å². The monoisotopic (exact) mass is 300 g/mol. The highest BCUT2D eigenvalue weighted by Gasteiger charge is 2.01. The summed E-state index contributed by atoms with van der Waals surface area (Å²) in [7, 11) is 0. The molecule has 1 rings (SSSR count). The van der Waals surface area contributed by atoms with E-state index in [0.29, 0.717) is 13.0 Å². The summed E-state index contributed by atoms with van der Waals surface area (Å²) in [5.74, 6) is 5.73. The smallest absolute Gasteiger partial charge is 0.233 e. The number of hydrogen-bond acceptors (Lipinski definition) is 3. The van der Waals surface area contributed by atoms with Crippen molar-refractivity contribution in [3.8, 4) is 5.75 Å². The van der Waals surface area contributed by atoms with Gasteiger partial charge < -0.3 is 4.74 Å². The molecule has 5 heteroatoms. The number of nitrogens with two attached hydrogens (primary N) is 1. The number of nitrogens with one attached hydrogen (secondary N) is 1. The molecule has 0 aromatic heterocycles. The molecule has 0 heterocycles. The van der Waals surface area contributed by atoms with Crippen molar-refractivity contribution in [2.45, 2.75) is 26.2 Å². The Morgan fingerprint density at radius 1 is 1.47 bits per heavy atom. The van der Waals surface area contributed by atoms with Gasteiger partial charge in [0.2, 0.25) is 5.91 Å². The molecule has 0 saturated heterocycles. The van der Waals surface area contributed by atoms with Crippen LogP contribution in [0.5, 0.6) is 5.75 Å². The van der Waals surface area contributed by atoms with E-state index in [0.717, 1.165) is 28.6 Å². The van der Waals surface area contributed by atoms with Crippen LogP contribution in [0.3, 0.4) is 0 Å². The number of benzene rings is 1. The van der Waals surface area contributed by atoms with Crippen molar-refractivity contribution in [1.29, 1.82) is 0 Å². The third-order valence-corrected chi connectivity index (χ3v) is 2.85. The molecule has 0 aliphatic heterocycles. The molecule has 3 N–H and O–H groups in total. The number of carbonyl (C=O) groups excluding carboxylic acids is 1. The predicted octanol–water partition coefficient (Wildman–Crippen LogP) is 2.30. The number of carbonyl (C=O) groups is 1. The molecule has 0 atom stereocenters. The lowest BCUT2D eigenvalue weighted by atomic mass is 10.2. The lowest BCUT2D eigenvalue weighted by molar-refractivity contribution is -0.121. The van der Waals surface area contributed by atoms with Gasteiger partial charge in [-0.3, -0.25) is 10.2 Å². The highest BCUT2D eigenvalue weighted by Crippen LogP contribution is 2.22. The van der Waals surface area contributed by atoms with Crippen molar-refractivity contribution in [3.05, 3.63) is 28.2 Å². The third-order valence-electron chi connectivity index (χ3n) is 2.35. The SMILES string of the molecule is Cc1cc(Br)ccc1OCCCCC(=O)NN. The third kappa shape index (κ3) is 5.19. The van der Waals surface area contributed by atoms with Crippen molar-refractivity contribution in [2.75, 3.05) is 6.61 Å². The highest BCUT2D eigenvalue weighted by molar-refractivity contribution is 9.10. The van der Waals surface area contributed by atoms with Crippen molar-refractivity contribution in [1.82, 2.24) is 5.43 Å². The minimum absolute atomic E-state index is 0.134. The van der Waals surface area contributed by atoms with Crippen LogP contribution in [0, 0.1) is 6.92 Å². The molecule has 0 aliphatic rings. The topological polar surface area (TPSA) is 64.3 Å². The second-order valence-corrected chi connectivity index (χ2v) is 4.70. The molecule has 0 bridgehead atoms. The number of halogens is 1. The number of rotatable bonds is 6. The minimum atomic E-state index is -0.134. The second-order valence-electron chi connectivity index (χ2n) is 3.78. The molecule has 1 amide bonds. The van der Waals surface area contributed by atoms with Crippen LogP contribution >= 0.6 is 15.9 Å². The molecule has 1 aromatic rings. The summed E-state index contributed by atoms with van der Waals surface area (Å²) >= 11 is 3.40. The maximum absolute atomic E-state index is 10.9. The molecule has 94 valence electrons. The Kier molecular flexibility index (Phi) is 6.00. The molecule has 0 radical (unpaired) electrons. The fraction of sp³-hybridized carbons (Fsp3) is 0.417. The first-order valence-electron chi connectivity index (χ1n) is 5.52. The molecular weight excluding hydrogens is 284 g/mol. The Morgan fingerprint density at radius 3 is 2.88 bits per heavy atom. The summed E-state index contributed by atoms with van der Waals surface area (Å²) in [6.07, 6.45) is 2.06. The van der Waals surface area contributed by atoms with Crippen molar-refractivity contribution >= 4 is 21.8 Å². The molecule has 1 aromatic carbocycles. The summed E-state index contributed by atoms with van der Waals surface area (Å²) in [5, 5.41) is 0. The Bertz CT molecular complexity index is 383. The Balaban J connectivity index is 2.24. The van der Waals surface area contributed by atoms with E-state index in [-0.39, 0.29) is 5.91 Å². The van der Waals surface area contributed by atoms with E-state index in [1.54, 1.807) is 0 Å². The van der Waals surface area contributed by atoms with Gasteiger partial charge in [0, 0.05) is 10.9 Å². The molecule has 17 heavy (non-hydrogen) atoms. The van der Waals surface area contributed by atoms with Gasteiger partial charge in [0.25, 0.3) is 0 Å². The first kappa shape index (κ1) is 14.0. The number of hydrazine groups is 1. The predicted molar refractivity (Wildman–Crippen MR) is 70.6 cm³/mol. The quantitative estimate of drug-likeness (QED) is 0.367. The summed E-state index contributed by atoms with van der Waals surface area (Å²) in [6, 6.07) is 5.90. The van der Waals surface area contributed by atoms with Gasteiger partial charge in [0.1, 0.15) is 5.75 Å². The zero-order valence-electron chi connectivity index (χ0n) is 9.83. The van der Waals surface area contributed by atoms with Crippen LogP contribution in [0.15, 0.2) is 22.7 Å². The Labute approximate surface area is 110 Å². The van der Waals surface area contributed by atoms with E-state index >= 15 is 0 Å². The van der Waals surface area contributed by atoms with Gasteiger partial charge in [-0.1, -0.05) is 15.9 Å². The van der Waals surface area contributed by atoms with Gasteiger partial charge in [-0.2, -0.15) is 0 Å². The number of amides is 1. The average molecular weight is 301 g/mol. The molecule has 0 aliphatic carbocycles. The van der Waals surface area contributed by atoms with Gasteiger partial charge in [0.05, 0.1) is 6.61 Å². The molecule has 0 spiro atoms. The van der Waals surface area contributed by atoms with E-state index in [2.05, 4.69) is 21.4 Å². The standard InChI is InChI=1S/C12H17BrN2O2/c1-9-8-10(13)5-6-11(9)17-7-3-2-4-12(16)15-14/h5-6,8H,2-4,7,14H2,1H3,(H,15,16). The normalized spacial score (nSPS) is 10.1. The largest absolute Gasteiger partial charge is 0.493 e. The molecule has 4 nitrogen and oxygen atoms in total. The van der Waals surface area contributed by atoms with Crippen LogP contribution in [-0.4, -0.2) is 12.5 Å². The number of hydrogen-bond donors (Lipinski definition) is 2. The van der Waals surface area contributed by atoms with Crippen LogP contribution in [0.4, 0.5) is 0 Å². The Morgan fingerprint density at radius 2 is 2.24 bits per heavy atom. The van der Waals surface area contributed by atoms with Crippen LogP contribution in [-0.2, 0) is 4.79 Å². The lowest BCUT2D eigenvalue weighted by Crippen LogP contribution is -2.29. The van der Waals surface area contributed by atoms with Gasteiger partial charge in [0.15, 0.2) is 0 Å². The van der Waals surface area contributed by atoms with Crippen molar-refractivity contribution < 1.29 is 9.53 Å². The fourth-order valence-corrected chi connectivity index (χ4v) is 1.89. The maximum Gasteiger partial charge on any atom is 0.233 e. The maximum atomic E-state index is 10.9. The zero-order chi connectivity index (χ0) is 12.7. The Hall–Kier alpha value is -1.07. The highest BCUT2D eigenvalue weighted by atomic mass is 79.9. The number of unbranched alkanes of at least 4 members (excludes halogenated alkanes) is 1. The van der Waals surface area contributed by atoms with E-state index in [4.69, 9.17) is 10.6 Å². The summed E-state index contributed by atoms with van der Waals surface area (Å²) in [5.41, 5.74) is 3.20. The number of ether oxygens (including phenoxy) is 1. The summed E-state index contributed by atoms with van der Waals surface area (Å²) < 4.78 is 6.67. The van der Waals surface area contributed by atoms with Crippen LogP contribution < -0.4 is 16.0 Å². The van der Waals surface area contributed by atoms with Gasteiger partial charge >= 0.3 is 0 Å². The summed E-state index contributed by atoms with van der Waals surface area (Å²) in [6.45, 7) is 2.61. The van der Waals surface area contributed by atoms with Crippen molar-refractivity contribution in [3.63, 3.8) is 0 Å². The average Bonchev–Trinajstić information content (AvgIpc) is 2.30. The number of aryl methyl sites for hydroxylation is 1. The molecule has 0 saturated carbocycles. The second kappa shape index (κ2) is 7.29. The minimum Gasteiger partial charge on any atom is -0.493 e. The summed E-state index contributed by atoms with van der Waals surface area (Å²) in [4.78, 5) is 10.9. The van der Waals surface area contributed by atoms with Gasteiger partial charge in [-0.05, 0) is 43.5 Å². The molecule has 0 unspecified atom stereocenters. The lowest BCUT2D eigenvalue weighted by Gasteiger charge is -2.09. The first-order chi connectivity index (χ1) is 8.13. The van der Waals surface area contributed by atoms with Crippen LogP contribution in [0.25, 0.3) is 0 Å². The van der Waals surface area contributed by atoms with Crippen LogP contribution in [0.2, 0.25) is 0 Å². The van der Waals surface area contributed by atoms with E-state index in [1.165, 1.54) is 0 Å². The van der Waals surface area contributed by atoms with Gasteiger partial charge in [-0.15, -0.1) is 0 Å². The van der Waals surface area contributed by atoms with E-state index in [1.807, 2.05) is 25.1 Å². The zero-order valence-corrected chi connectivity index (χ0v) is 11.4. The van der Waals surface area contributed by atoms with Crippen molar-refractivity contribution in [2.24, 2.45) is 5.84 Å². The van der Waals surface area contributed by atoms with Crippen LogP contribution in [0.1, 0.15) is 24.8 Å². The molecule has 0 fully saturated rings. The van der Waals surface area contributed by atoms with E-state index in [9.17, 15) is 4.79 Å².